The van der Waals surface area contributed by atoms with Crippen molar-refractivity contribution in [1.29, 1.82) is 0 Å². The van der Waals surface area contributed by atoms with Crippen molar-refractivity contribution in [2.24, 2.45) is 0 Å². The molecule has 2 rings (SSSR count). The van der Waals surface area contributed by atoms with E-state index in [9.17, 15) is 18.0 Å². The number of nitrogens with one attached hydrogen (secondary N) is 3. The van der Waals surface area contributed by atoms with Gasteiger partial charge in [-0.05, 0) is 24.6 Å². The number of unbranched alkanes of at least 4 members (excludes halogenated alkanes) is 1. The summed E-state index contributed by atoms with van der Waals surface area (Å²) in [6, 6.07) is 5.13. The molecule has 1 aliphatic heterocycles. The minimum atomic E-state index is -3.61. The number of sulfonamides is 1. The van der Waals surface area contributed by atoms with Crippen LogP contribution in [0, 0.1) is 0 Å². The van der Waals surface area contributed by atoms with Crippen molar-refractivity contribution in [3.8, 4) is 0 Å². The van der Waals surface area contributed by atoms with E-state index < -0.39 is 28.1 Å². The molecule has 1 saturated heterocycles. The van der Waals surface area contributed by atoms with Crippen LogP contribution < -0.4 is 15.4 Å². The van der Waals surface area contributed by atoms with Gasteiger partial charge in [0.15, 0.2) is 0 Å². The number of carbonyl (C=O) groups is 2. The molecule has 0 aliphatic carbocycles. The molecule has 1 atom stereocenters. The van der Waals surface area contributed by atoms with Gasteiger partial charge in [-0.15, -0.1) is 0 Å². The molecule has 2 amide bonds. The number of amides is 2. The van der Waals surface area contributed by atoms with Crippen molar-refractivity contribution in [1.82, 2.24) is 10.0 Å². The van der Waals surface area contributed by atoms with E-state index in [-0.39, 0.29) is 11.5 Å². The molecule has 1 aromatic rings. The van der Waals surface area contributed by atoms with E-state index in [1.807, 2.05) is 6.92 Å². The van der Waals surface area contributed by atoms with Crippen molar-refractivity contribution < 1.29 is 22.7 Å². The number of rotatable bonds is 7. The average molecular weight is 341 g/mol. The lowest BCUT2D eigenvalue weighted by Gasteiger charge is -2.11. The van der Waals surface area contributed by atoms with Crippen LogP contribution in [0.25, 0.3) is 0 Å². The van der Waals surface area contributed by atoms with Gasteiger partial charge in [0, 0.05) is 12.2 Å². The van der Waals surface area contributed by atoms with E-state index in [2.05, 4.69) is 20.1 Å². The maximum atomic E-state index is 12.1. The van der Waals surface area contributed by atoms with Gasteiger partial charge in [-0.25, -0.2) is 17.9 Å². The third-order valence-electron chi connectivity index (χ3n) is 3.22. The van der Waals surface area contributed by atoms with Crippen LogP contribution in [0.1, 0.15) is 19.8 Å². The van der Waals surface area contributed by atoms with Crippen molar-refractivity contribution in [2.75, 3.05) is 18.5 Å². The van der Waals surface area contributed by atoms with Crippen LogP contribution in [0.15, 0.2) is 29.2 Å². The van der Waals surface area contributed by atoms with Crippen LogP contribution in [0.2, 0.25) is 0 Å². The number of ether oxygens (including phenoxy) is 1. The zero-order chi connectivity index (χ0) is 16.9. The number of benzene rings is 1. The maximum absolute atomic E-state index is 12.1. The molecule has 0 unspecified atom stereocenters. The van der Waals surface area contributed by atoms with E-state index in [1.54, 1.807) is 6.07 Å². The second-order valence-corrected chi connectivity index (χ2v) is 6.83. The molecule has 1 heterocycles. The molecule has 1 aliphatic rings. The molecule has 0 radical (unpaired) electrons. The summed E-state index contributed by atoms with van der Waals surface area (Å²) in [7, 11) is -3.61. The smallest absolute Gasteiger partial charge is 0.407 e. The Labute approximate surface area is 134 Å². The average Bonchev–Trinajstić information content (AvgIpc) is 2.94. The Bertz CT molecular complexity index is 689. The normalized spacial score (nSPS) is 17.4. The van der Waals surface area contributed by atoms with Crippen LogP contribution in [0.3, 0.4) is 0 Å². The highest BCUT2D eigenvalue weighted by atomic mass is 32.2. The Balaban J connectivity index is 2.04. The second-order valence-electron chi connectivity index (χ2n) is 5.06. The molecule has 0 aromatic heterocycles. The highest BCUT2D eigenvalue weighted by molar-refractivity contribution is 7.89. The van der Waals surface area contributed by atoms with Gasteiger partial charge >= 0.3 is 6.09 Å². The number of hydrogen-bond acceptors (Lipinski definition) is 5. The number of anilines is 1. The zero-order valence-electron chi connectivity index (χ0n) is 12.7. The predicted molar refractivity (Wildman–Crippen MR) is 83.4 cm³/mol. The SMILES string of the molecule is CCCCNS(=O)(=O)c1cccc(NC(=O)[C@H]2COC(=O)N2)c1. The Morgan fingerprint density at radius 3 is 2.87 bits per heavy atom. The van der Waals surface area contributed by atoms with Gasteiger partial charge in [-0.3, -0.25) is 4.79 Å². The molecular weight excluding hydrogens is 322 g/mol. The monoisotopic (exact) mass is 341 g/mol. The molecular formula is C14H19N3O5S. The number of alkyl carbamates (subject to hydrolysis) is 1. The summed E-state index contributed by atoms with van der Waals surface area (Å²) in [5.74, 6) is -0.468. The summed E-state index contributed by atoms with van der Waals surface area (Å²) in [4.78, 5) is 22.9. The molecule has 23 heavy (non-hydrogen) atoms. The maximum Gasteiger partial charge on any atom is 0.407 e. The Hall–Kier alpha value is -2.13. The fourth-order valence-electron chi connectivity index (χ4n) is 1.96. The fraction of sp³-hybridized carbons (Fsp3) is 0.429. The van der Waals surface area contributed by atoms with Gasteiger partial charge in [0.25, 0.3) is 5.91 Å². The number of hydrogen-bond donors (Lipinski definition) is 3. The van der Waals surface area contributed by atoms with Gasteiger partial charge in [-0.2, -0.15) is 0 Å². The van der Waals surface area contributed by atoms with Gasteiger partial charge in [-0.1, -0.05) is 19.4 Å². The third-order valence-corrected chi connectivity index (χ3v) is 4.68. The summed E-state index contributed by atoms with van der Waals surface area (Å²) in [6.07, 6.45) is 0.978. The molecule has 8 nitrogen and oxygen atoms in total. The summed E-state index contributed by atoms with van der Waals surface area (Å²) < 4.78 is 31.4. The van der Waals surface area contributed by atoms with Gasteiger partial charge in [0.1, 0.15) is 12.6 Å². The molecule has 3 N–H and O–H groups in total. The number of cyclic esters (lactones) is 1. The third kappa shape index (κ3) is 4.67. The highest BCUT2D eigenvalue weighted by Crippen LogP contribution is 2.16. The minimum absolute atomic E-state index is 0.0543. The molecule has 9 heteroatoms. The summed E-state index contributed by atoms with van der Waals surface area (Å²) in [6.45, 7) is 2.28. The van der Waals surface area contributed by atoms with Gasteiger partial charge in [0.05, 0.1) is 4.90 Å². The lowest BCUT2D eigenvalue weighted by Crippen LogP contribution is -2.38. The molecule has 0 bridgehead atoms. The van der Waals surface area contributed by atoms with Crippen LogP contribution in [-0.4, -0.2) is 39.6 Å². The topological polar surface area (TPSA) is 114 Å². The van der Waals surface area contributed by atoms with Crippen LogP contribution in [0.5, 0.6) is 0 Å². The Kier molecular flexibility index (Phi) is 5.56. The first-order valence-corrected chi connectivity index (χ1v) is 8.74. The first kappa shape index (κ1) is 17.2. The van der Waals surface area contributed by atoms with E-state index in [0.717, 1.165) is 12.8 Å². The van der Waals surface area contributed by atoms with Crippen molar-refractivity contribution >= 4 is 27.7 Å². The molecule has 126 valence electrons. The van der Waals surface area contributed by atoms with Crippen LogP contribution >= 0.6 is 0 Å². The predicted octanol–water partition coefficient (Wildman–Crippen LogP) is 0.812. The van der Waals surface area contributed by atoms with E-state index >= 15 is 0 Å². The van der Waals surface area contributed by atoms with E-state index in [1.165, 1.54) is 18.2 Å². The fourth-order valence-corrected chi connectivity index (χ4v) is 3.08. The molecule has 0 spiro atoms. The minimum Gasteiger partial charge on any atom is -0.447 e. The highest BCUT2D eigenvalue weighted by Gasteiger charge is 2.28. The van der Waals surface area contributed by atoms with Crippen LogP contribution in [-0.2, 0) is 19.6 Å². The lowest BCUT2D eigenvalue weighted by atomic mass is 10.2. The summed E-state index contributed by atoms with van der Waals surface area (Å²) in [5, 5.41) is 4.91. The molecule has 0 saturated carbocycles. The Morgan fingerprint density at radius 1 is 1.43 bits per heavy atom. The van der Waals surface area contributed by atoms with E-state index in [0.29, 0.717) is 12.2 Å². The molecule has 1 fully saturated rings. The van der Waals surface area contributed by atoms with E-state index in [4.69, 9.17) is 0 Å². The standard InChI is InChI=1S/C14H19N3O5S/c1-2-3-7-15-23(20,21)11-6-4-5-10(8-11)16-13(18)12-9-22-14(19)17-12/h4-6,8,12,15H,2-3,7,9H2,1H3,(H,16,18)(H,17,19)/t12-/m1/s1. The second kappa shape index (κ2) is 7.42. The summed E-state index contributed by atoms with van der Waals surface area (Å²) >= 11 is 0. The summed E-state index contributed by atoms with van der Waals surface area (Å²) in [5.41, 5.74) is 0.328. The zero-order valence-corrected chi connectivity index (χ0v) is 13.5. The first-order chi connectivity index (χ1) is 10.9. The van der Waals surface area contributed by atoms with Gasteiger partial charge in [0.2, 0.25) is 10.0 Å². The lowest BCUT2D eigenvalue weighted by molar-refractivity contribution is -0.117. The largest absolute Gasteiger partial charge is 0.447 e. The van der Waals surface area contributed by atoms with Gasteiger partial charge < -0.3 is 15.4 Å². The van der Waals surface area contributed by atoms with Crippen molar-refractivity contribution in [3.05, 3.63) is 24.3 Å². The van der Waals surface area contributed by atoms with Crippen molar-refractivity contribution in [3.63, 3.8) is 0 Å². The molecule has 1 aromatic carbocycles. The van der Waals surface area contributed by atoms with Crippen molar-refractivity contribution in [2.45, 2.75) is 30.7 Å². The Morgan fingerprint density at radius 2 is 2.22 bits per heavy atom. The first-order valence-electron chi connectivity index (χ1n) is 7.26. The number of carbonyl (C=O) groups excluding carboxylic acids is 2. The van der Waals surface area contributed by atoms with Crippen LogP contribution in [0.4, 0.5) is 10.5 Å². The quantitative estimate of drug-likeness (QED) is 0.635.